The standard InChI is InChI=1S/C20H21FN4O3S2/c1-20(2,3)13-4-10-16(11-5-13)30(27,28)22-12-17-24-25-19(29-17)18(26)23-15-8-6-14(21)7-9-15/h4-11,22H,12H2,1-3H3,(H,23,26). The molecule has 3 aromatic rings. The Kier molecular flexibility index (Phi) is 6.30. The number of nitrogens with zero attached hydrogens (tertiary/aromatic N) is 2. The van der Waals surface area contributed by atoms with Crippen LogP contribution in [-0.4, -0.2) is 24.5 Å². The zero-order valence-corrected chi connectivity index (χ0v) is 18.3. The Morgan fingerprint density at radius 3 is 2.27 bits per heavy atom. The fourth-order valence-electron chi connectivity index (χ4n) is 2.51. The average molecular weight is 449 g/mol. The molecular weight excluding hydrogens is 427 g/mol. The van der Waals surface area contributed by atoms with Gasteiger partial charge in [-0.25, -0.2) is 17.5 Å². The zero-order valence-electron chi connectivity index (χ0n) is 16.6. The smallest absolute Gasteiger partial charge is 0.286 e. The number of nitrogens with one attached hydrogen (secondary N) is 2. The summed E-state index contributed by atoms with van der Waals surface area (Å²) < 4.78 is 40.4. The Morgan fingerprint density at radius 2 is 1.67 bits per heavy atom. The van der Waals surface area contributed by atoms with Crippen molar-refractivity contribution in [3.63, 3.8) is 0 Å². The predicted octanol–water partition coefficient (Wildman–Crippen LogP) is 3.71. The summed E-state index contributed by atoms with van der Waals surface area (Å²) >= 11 is 0.970. The van der Waals surface area contributed by atoms with E-state index in [0.717, 1.165) is 16.9 Å². The van der Waals surface area contributed by atoms with Crippen molar-refractivity contribution in [1.82, 2.24) is 14.9 Å². The van der Waals surface area contributed by atoms with E-state index >= 15 is 0 Å². The van der Waals surface area contributed by atoms with Gasteiger partial charge in [0.1, 0.15) is 10.8 Å². The molecule has 0 radical (unpaired) electrons. The van der Waals surface area contributed by atoms with Gasteiger partial charge >= 0.3 is 0 Å². The van der Waals surface area contributed by atoms with Crippen LogP contribution in [0.2, 0.25) is 0 Å². The van der Waals surface area contributed by atoms with Gasteiger partial charge in [0, 0.05) is 5.69 Å². The van der Waals surface area contributed by atoms with Gasteiger partial charge in [-0.05, 0) is 47.4 Å². The monoisotopic (exact) mass is 448 g/mol. The van der Waals surface area contributed by atoms with Crippen LogP contribution in [0, 0.1) is 5.82 Å². The van der Waals surface area contributed by atoms with Crippen LogP contribution in [0.15, 0.2) is 53.4 Å². The van der Waals surface area contributed by atoms with Gasteiger partial charge in [0.2, 0.25) is 15.0 Å². The zero-order chi connectivity index (χ0) is 21.9. The van der Waals surface area contributed by atoms with Crippen LogP contribution in [0.25, 0.3) is 0 Å². The van der Waals surface area contributed by atoms with Gasteiger partial charge in [0.15, 0.2) is 0 Å². The molecule has 0 unspecified atom stereocenters. The normalized spacial score (nSPS) is 12.0. The molecule has 0 aliphatic heterocycles. The number of aromatic nitrogens is 2. The quantitative estimate of drug-likeness (QED) is 0.599. The predicted molar refractivity (Wildman–Crippen MR) is 113 cm³/mol. The third kappa shape index (κ3) is 5.47. The Bertz CT molecular complexity index is 1140. The molecule has 3 rings (SSSR count). The van der Waals surface area contributed by atoms with E-state index in [2.05, 4.69) is 20.2 Å². The van der Waals surface area contributed by atoms with Crippen LogP contribution >= 0.6 is 11.3 Å². The lowest BCUT2D eigenvalue weighted by Gasteiger charge is -2.19. The molecular formula is C20H21FN4O3S2. The highest BCUT2D eigenvalue weighted by molar-refractivity contribution is 7.89. The van der Waals surface area contributed by atoms with E-state index in [9.17, 15) is 17.6 Å². The third-order valence-electron chi connectivity index (χ3n) is 4.21. The van der Waals surface area contributed by atoms with E-state index in [1.54, 1.807) is 24.3 Å². The number of amides is 1. The van der Waals surface area contributed by atoms with Crippen LogP contribution in [0.3, 0.4) is 0 Å². The number of sulfonamides is 1. The Hall–Kier alpha value is -2.69. The second-order valence-corrected chi connectivity index (χ2v) is 10.4. The van der Waals surface area contributed by atoms with E-state index in [4.69, 9.17) is 0 Å². The molecule has 7 nitrogen and oxygen atoms in total. The van der Waals surface area contributed by atoms with Crippen LogP contribution < -0.4 is 10.0 Å². The van der Waals surface area contributed by atoms with E-state index in [0.29, 0.717) is 10.7 Å². The van der Waals surface area contributed by atoms with Crippen molar-refractivity contribution in [2.75, 3.05) is 5.32 Å². The number of hydrogen-bond donors (Lipinski definition) is 2. The highest BCUT2D eigenvalue weighted by Gasteiger charge is 2.19. The lowest BCUT2D eigenvalue weighted by atomic mass is 9.87. The molecule has 0 atom stereocenters. The maximum atomic E-state index is 12.9. The Balaban J connectivity index is 1.62. The van der Waals surface area contributed by atoms with Crippen molar-refractivity contribution in [3.8, 4) is 0 Å². The van der Waals surface area contributed by atoms with Gasteiger partial charge in [-0.2, -0.15) is 0 Å². The van der Waals surface area contributed by atoms with Crippen molar-refractivity contribution in [3.05, 3.63) is 69.9 Å². The number of carbonyl (C=O) groups excluding carboxylic acids is 1. The topological polar surface area (TPSA) is 101 Å². The van der Waals surface area contributed by atoms with Crippen LogP contribution in [-0.2, 0) is 22.0 Å². The molecule has 2 N–H and O–H groups in total. The second kappa shape index (κ2) is 8.58. The number of benzene rings is 2. The lowest BCUT2D eigenvalue weighted by Crippen LogP contribution is -2.23. The van der Waals surface area contributed by atoms with Gasteiger partial charge in [-0.1, -0.05) is 44.2 Å². The van der Waals surface area contributed by atoms with Gasteiger partial charge in [-0.15, -0.1) is 10.2 Å². The number of halogens is 1. The molecule has 0 aliphatic carbocycles. The first-order chi connectivity index (χ1) is 14.0. The summed E-state index contributed by atoms with van der Waals surface area (Å²) in [6, 6.07) is 12.0. The maximum absolute atomic E-state index is 12.9. The molecule has 0 bridgehead atoms. The Labute approximate surface area is 178 Å². The number of carbonyl (C=O) groups is 1. The minimum absolute atomic E-state index is 0.0723. The van der Waals surface area contributed by atoms with Crippen molar-refractivity contribution in [2.24, 2.45) is 0 Å². The highest BCUT2D eigenvalue weighted by atomic mass is 32.2. The maximum Gasteiger partial charge on any atom is 0.286 e. The number of rotatable bonds is 6. The first kappa shape index (κ1) is 22.0. The van der Waals surface area contributed by atoms with Crippen LogP contribution in [0.4, 0.5) is 10.1 Å². The minimum Gasteiger partial charge on any atom is -0.320 e. The van der Waals surface area contributed by atoms with Crippen molar-refractivity contribution < 1.29 is 17.6 Å². The number of anilines is 1. The molecule has 0 saturated carbocycles. The molecule has 1 aromatic heterocycles. The summed E-state index contributed by atoms with van der Waals surface area (Å²) in [6.07, 6.45) is 0. The molecule has 30 heavy (non-hydrogen) atoms. The van der Waals surface area contributed by atoms with E-state index < -0.39 is 21.7 Å². The summed E-state index contributed by atoms with van der Waals surface area (Å²) in [6.45, 7) is 6.06. The molecule has 2 aromatic carbocycles. The molecule has 0 fully saturated rings. The second-order valence-electron chi connectivity index (χ2n) is 7.56. The van der Waals surface area contributed by atoms with Crippen LogP contribution in [0.1, 0.15) is 41.1 Å². The van der Waals surface area contributed by atoms with Gasteiger partial charge in [0.25, 0.3) is 5.91 Å². The van der Waals surface area contributed by atoms with E-state index in [1.807, 2.05) is 20.8 Å². The molecule has 10 heteroatoms. The van der Waals surface area contributed by atoms with E-state index in [-0.39, 0.29) is 21.9 Å². The van der Waals surface area contributed by atoms with Gasteiger partial charge in [0.05, 0.1) is 11.4 Å². The third-order valence-corrected chi connectivity index (χ3v) is 6.55. The summed E-state index contributed by atoms with van der Waals surface area (Å²) in [7, 11) is -3.73. The van der Waals surface area contributed by atoms with Crippen molar-refractivity contribution in [2.45, 2.75) is 37.6 Å². The highest BCUT2D eigenvalue weighted by Crippen LogP contribution is 2.23. The molecule has 1 heterocycles. The molecule has 0 aliphatic rings. The summed E-state index contributed by atoms with van der Waals surface area (Å²) in [5.41, 5.74) is 1.37. The van der Waals surface area contributed by atoms with Crippen molar-refractivity contribution in [1.29, 1.82) is 0 Å². The first-order valence-electron chi connectivity index (χ1n) is 9.04. The fraction of sp³-hybridized carbons (Fsp3) is 0.250. The van der Waals surface area contributed by atoms with Gasteiger partial charge in [-0.3, -0.25) is 4.79 Å². The largest absolute Gasteiger partial charge is 0.320 e. The van der Waals surface area contributed by atoms with Crippen molar-refractivity contribution >= 4 is 33.0 Å². The molecule has 0 saturated heterocycles. The molecule has 158 valence electrons. The summed E-state index contributed by atoms with van der Waals surface area (Å²) in [5.74, 6) is -0.919. The number of hydrogen-bond acceptors (Lipinski definition) is 6. The Morgan fingerprint density at radius 1 is 1.03 bits per heavy atom. The summed E-state index contributed by atoms with van der Waals surface area (Å²) in [5, 5.41) is 10.6. The molecule has 1 amide bonds. The van der Waals surface area contributed by atoms with E-state index in [1.165, 1.54) is 24.3 Å². The summed E-state index contributed by atoms with van der Waals surface area (Å²) in [4.78, 5) is 12.4. The van der Waals surface area contributed by atoms with Crippen LogP contribution in [0.5, 0.6) is 0 Å². The minimum atomic E-state index is -3.73. The SMILES string of the molecule is CC(C)(C)c1ccc(S(=O)(=O)NCc2nnc(C(=O)Nc3ccc(F)cc3)s2)cc1. The van der Waals surface area contributed by atoms with Gasteiger partial charge < -0.3 is 5.32 Å². The lowest BCUT2D eigenvalue weighted by molar-refractivity contribution is 0.102. The molecule has 0 spiro atoms. The average Bonchev–Trinajstić information content (AvgIpc) is 3.17. The first-order valence-corrected chi connectivity index (χ1v) is 11.3. The fourth-order valence-corrected chi connectivity index (χ4v) is 4.26.